The summed E-state index contributed by atoms with van der Waals surface area (Å²) in [5.41, 5.74) is 2.16. The van der Waals surface area contributed by atoms with Crippen LogP contribution < -0.4 is 10.2 Å². The summed E-state index contributed by atoms with van der Waals surface area (Å²) < 4.78 is 0.985. The molecule has 1 atom stereocenters. The van der Waals surface area contributed by atoms with Crippen molar-refractivity contribution < 1.29 is 5.11 Å². The van der Waals surface area contributed by atoms with Crippen LogP contribution in [0.1, 0.15) is 18.6 Å². The third-order valence-electron chi connectivity index (χ3n) is 2.92. The Kier molecular flexibility index (Phi) is 3.84. The molecule has 1 heterocycles. The second kappa shape index (κ2) is 5.17. The van der Waals surface area contributed by atoms with Gasteiger partial charge in [-0.25, -0.2) is 0 Å². The highest BCUT2D eigenvalue weighted by Gasteiger charge is 2.13. The minimum atomic E-state index is -0.425. The van der Waals surface area contributed by atoms with E-state index in [9.17, 15) is 5.11 Å². The summed E-state index contributed by atoms with van der Waals surface area (Å²) in [4.78, 5) is 2.35. The van der Waals surface area contributed by atoms with Crippen LogP contribution in [0, 0.1) is 0 Å². The fraction of sp³-hybridized carbons (Fsp3) is 0.500. The van der Waals surface area contributed by atoms with Crippen molar-refractivity contribution >= 4 is 21.6 Å². The zero-order valence-corrected chi connectivity index (χ0v) is 11.0. The number of hydrogen-bond donors (Lipinski definition) is 2. The Morgan fingerprint density at radius 1 is 1.38 bits per heavy atom. The maximum absolute atomic E-state index is 9.55. The first kappa shape index (κ1) is 11.9. The van der Waals surface area contributed by atoms with Crippen molar-refractivity contribution in [2.45, 2.75) is 13.0 Å². The van der Waals surface area contributed by atoms with Crippen molar-refractivity contribution in [3.8, 4) is 0 Å². The highest BCUT2D eigenvalue weighted by Crippen LogP contribution is 2.28. The number of nitrogens with zero attached hydrogens (tertiary/aromatic N) is 1. The number of halogens is 1. The predicted molar refractivity (Wildman–Crippen MR) is 69.9 cm³/mol. The SMILES string of the molecule is C[C@@H](O)c1ccc(N2CCNCC2)cc1Br. The van der Waals surface area contributed by atoms with E-state index in [-0.39, 0.29) is 0 Å². The molecule has 0 aromatic heterocycles. The fourth-order valence-electron chi connectivity index (χ4n) is 1.97. The molecule has 1 aromatic rings. The van der Waals surface area contributed by atoms with E-state index in [4.69, 9.17) is 0 Å². The van der Waals surface area contributed by atoms with E-state index < -0.39 is 6.10 Å². The van der Waals surface area contributed by atoms with E-state index in [2.05, 4.69) is 38.3 Å². The first-order valence-electron chi connectivity index (χ1n) is 5.61. The first-order chi connectivity index (χ1) is 7.68. The van der Waals surface area contributed by atoms with Gasteiger partial charge in [0.15, 0.2) is 0 Å². The van der Waals surface area contributed by atoms with Gasteiger partial charge < -0.3 is 15.3 Å². The van der Waals surface area contributed by atoms with Crippen molar-refractivity contribution in [3.63, 3.8) is 0 Å². The molecule has 3 nitrogen and oxygen atoms in total. The molecule has 0 unspecified atom stereocenters. The van der Waals surface area contributed by atoms with Gasteiger partial charge in [0.05, 0.1) is 6.10 Å². The first-order valence-corrected chi connectivity index (χ1v) is 6.41. The molecule has 2 rings (SSSR count). The van der Waals surface area contributed by atoms with Gasteiger partial charge in [0.2, 0.25) is 0 Å². The van der Waals surface area contributed by atoms with E-state index in [1.165, 1.54) is 5.69 Å². The van der Waals surface area contributed by atoms with Crippen LogP contribution in [0.5, 0.6) is 0 Å². The number of aliphatic hydroxyl groups is 1. The minimum Gasteiger partial charge on any atom is -0.389 e. The Balaban J connectivity index is 2.19. The Bertz CT molecular complexity index is 362. The van der Waals surface area contributed by atoms with Gasteiger partial charge in [0.1, 0.15) is 0 Å². The lowest BCUT2D eigenvalue weighted by Gasteiger charge is -2.30. The Morgan fingerprint density at radius 3 is 2.62 bits per heavy atom. The number of nitrogens with one attached hydrogen (secondary N) is 1. The van der Waals surface area contributed by atoms with Crippen LogP contribution in [0.4, 0.5) is 5.69 Å². The Labute approximate surface area is 105 Å². The van der Waals surface area contributed by atoms with E-state index >= 15 is 0 Å². The molecule has 1 aliphatic heterocycles. The topological polar surface area (TPSA) is 35.5 Å². The molecule has 1 aromatic carbocycles. The molecule has 16 heavy (non-hydrogen) atoms. The summed E-state index contributed by atoms with van der Waals surface area (Å²) in [5.74, 6) is 0. The average Bonchev–Trinajstić information content (AvgIpc) is 2.29. The van der Waals surface area contributed by atoms with E-state index in [0.29, 0.717) is 0 Å². The molecule has 0 bridgehead atoms. The number of aliphatic hydroxyl groups excluding tert-OH is 1. The van der Waals surface area contributed by atoms with E-state index in [1.807, 2.05) is 6.07 Å². The molecule has 0 saturated carbocycles. The monoisotopic (exact) mass is 284 g/mol. The van der Waals surface area contributed by atoms with Crippen LogP contribution in [-0.4, -0.2) is 31.3 Å². The summed E-state index contributed by atoms with van der Waals surface area (Å²) in [6.07, 6.45) is -0.425. The summed E-state index contributed by atoms with van der Waals surface area (Å²) >= 11 is 3.51. The highest BCUT2D eigenvalue weighted by molar-refractivity contribution is 9.10. The highest BCUT2D eigenvalue weighted by atomic mass is 79.9. The van der Waals surface area contributed by atoms with Gasteiger partial charge in [-0.05, 0) is 24.6 Å². The van der Waals surface area contributed by atoms with Gasteiger partial charge in [-0.1, -0.05) is 22.0 Å². The van der Waals surface area contributed by atoms with Gasteiger partial charge >= 0.3 is 0 Å². The molecule has 1 aliphatic rings. The standard InChI is InChI=1S/C12H17BrN2O/c1-9(16)11-3-2-10(8-12(11)13)15-6-4-14-5-7-15/h2-3,8-9,14,16H,4-7H2,1H3/t9-/m1/s1. The minimum absolute atomic E-state index is 0.425. The van der Waals surface area contributed by atoms with E-state index in [0.717, 1.165) is 36.2 Å². The lowest BCUT2D eigenvalue weighted by molar-refractivity contribution is 0.198. The smallest absolute Gasteiger partial charge is 0.0772 e. The van der Waals surface area contributed by atoms with Gasteiger partial charge in [-0.2, -0.15) is 0 Å². The van der Waals surface area contributed by atoms with Gasteiger partial charge in [0, 0.05) is 36.3 Å². The Morgan fingerprint density at radius 2 is 2.06 bits per heavy atom. The van der Waals surface area contributed by atoms with Crippen molar-refractivity contribution in [2.24, 2.45) is 0 Å². The molecule has 1 saturated heterocycles. The van der Waals surface area contributed by atoms with Crippen LogP contribution in [0.15, 0.2) is 22.7 Å². The molecule has 0 spiro atoms. The third-order valence-corrected chi connectivity index (χ3v) is 3.60. The number of rotatable bonds is 2. The number of benzene rings is 1. The van der Waals surface area contributed by atoms with Crippen molar-refractivity contribution in [3.05, 3.63) is 28.2 Å². The van der Waals surface area contributed by atoms with Crippen LogP contribution in [-0.2, 0) is 0 Å². The Hall–Kier alpha value is -0.580. The number of anilines is 1. The number of piperazine rings is 1. The van der Waals surface area contributed by atoms with Crippen molar-refractivity contribution in [1.29, 1.82) is 0 Å². The summed E-state index contributed by atoms with van der Waals surface area (Å²) in [6, 6.07) is 6.16. The molecule has 0 aliphatic carbocycles. The number of hydrogen-bond acceptors (Lipinski definition) is 3. The van der Waals surface area contributed by atoms with Crippen molar-refractivity contribution in [2.75, 3.05) is 31.1 Å². The average molecular weight is 285 g/mol. The molecule has 4 heteroatoms. The molecule has 0 radical (unpaired) electrons. The van der Waals surface area contributed by atoms with Crippen molar-refractivity contribution in [1.82, 2.24) is 5.32 Å². The van der Waals surface area contributed by atoms with Gasteiger partial charge in [0.25, 0.3) is 0 Å². The van der Waals surface area contributed by atoms with Crippen LogP contribution in [0.2, 0.25) is 0 Å². The predicted octanol–water partition coefficient (Wildman–Crippen LogP) is 1.91. The maximum atomic E-state index is 9.55. The lowest BCUT2D eigenvalue weighted by atomic mass is 10.1. The molecular formula is C12H17BrN2O. The van der Waals surface area contributed by atoms with Gasteiger partial charge in [-0.15, -0.1) is 0 Å². The van der Waals surface area contributed by atoms with Crippen LogP contribution in [0.25, 0.3) is 0 Å². The maximum Gasteiger partial charge on any atom is 0.0772 e. The summed E-state index contributed by atoms with van der Waals surface area (Å²) in [6.45, 7) is 5.94. The third kappa shape index (κ3) is 2.56. The van der Waals surface area contributed by atoms with E-state index in [1.54, 1.807) is 6.92 Å². The molecular weight excluding hydrogens is 268 g/mol. The van der Waals surface area contributed by atoms with Gasteiger partial charge in [-0.3, -0.25) is 0 Å². The fourth-order valence-corrected chi connectivity index (χ4v) is 2.67. The molecule has 2 N–H and O–H groups in total. The quantitative estimate of drug-likeness (QED) is 0.871. The second-order valence-electron chi connectivity index (χ2n) is 4.12. The molecule has 88 valence electrons. The lowest BCUT2D eigenvalue weighted by Crippen LogP contribution is -2.43. The largest absolute Gasteiger partial charge is 0.389 e. The van der Waals surface area contributed by atoms with Crippen LogP contribution >= 0.6 is 15.9 Å². The second-order valence-corrected chi connectivity index (χ2v) is 4.97. The normalized spacial score (nSPS) is 18.6. The summed E-state index contributed by atoms with van der Waals surface area (Å²) in [5, 5.41) is 12.9. The molecule has 1 fully saturated rings. The molecule has 0 amide bonds. The zero-order valence-electron chi connectivity index (χ0n) is 9.41. The van der Waals surface area contributed by atoms with Crippen LogP contribution in [0.3, 0.4) is 0 Å². The summed E-state index contributed by atoms with van der Waals surface area (Å²) in [7, 11) is 0. The zero-order chi connectivity index (χ0) is 11.5.